The summed E-state index contributed by atoms with van der Waals surface area (Å²) in [6.45, 7) is 8.44. The second kappa shape index (κ2) is 7.08. The van der Waals surface area contributed by atoms with Crippen molar-refractivity contribution in [3.05, 3.63) is 22.8 Å². The summed E-state index contributed by atoms with van der Waals surface area (Å²) in [5.74, 6) is 0.622. The van der Waals surface area contributed by atoms with Crippen molar-refractivity contribution >= 4 is 11.6 Å². The normalized spacial score (nSPS) is 11.9. The Balaban J connectivity index is 2.61. The largest absolute Gasteiger partial charge is 0.476 e. The molecule has 0 bridgehead atoms. The maximum Gasteiger partial charge on any atom is 0.213 e. The fourth-order valence-electron chi connectivity index (χ4n) is 1.35. The molecule has 108 valence electrons. The predicted molar refractivity (Wildman–Crippen MR) is 79.9 cm³/mol. The Bertz CT molecular complexity index is 402. The van der Waals surface area contributed by atoms with Crippen molar-refractivity contribution in [3.8, 4) is 5.88 Å². The van der Waals surface area contributed by atoms with Crippen molar-refractivity contribution in [1.29, 1.82) is 0 Å². The predicted octanol–water partition coefficient (Wildman–Crippen LogP) is 2.56. The minimum Gasteiger partial charge on any atom is -0.476 e. The Hall–Kier alpha value is -0.840. The van der Waals surface area contributed by atoms with Gasteiger partial charge in [-0.3, -0.25) is 0 Å². The van der Waals surface area contributed by atoms with Crippen molar-refractivity contribution in [3.63, 3.8) is 0 Å². The Kier molecular flexibility index (Phi) is 6.04. The molecule has 0 unspecified atom stereocenters. The van der Waals surface area contributed by atoms with Crippen LogP contribution < -0.4 is 10.1 Å². The van der Waals surface area contributed by atoms with E-state index in [1.807, 2.05) is 20.2 Å². The lowest BCUT2D eigenvalue weighted by Gasteiger charge is -2.20. The third-order valence-electron chi connectivity index (χ3n) is 2.47. The molecular weight excluding hydrogens is 262 g/mol. The zero-order chi connectivity index (χ0) is 14.5. The van der Waals surface area contributed by atoms with E-state index in [0.29, 0.717) is 24.1 Å². The summed E-state index contributed by atoms with van der Waals surface area (Å²) < 4.78 is 5.61. The second-order valence-corrected chi connectivity index (χ2v) is 6.24. The third kappa shape index (κ3) is 6.76. The topological polar surface area (TPSA) is 37.4 Å². The van der Waals surface area contributed by atoms with Gasteiger partial charge in [-0.25, -0.2) is 4.98 Å². The molecule has 0 aliphatic rings. The fourth-order valence-corrected chi connectivity index (χ4v) is 1.52. The molecule has 0 aliphatic heterocycles. The first-order valence-corrected chi connectivity index (χ1v) is 6.84. The van der Waals surface area contributed by atoms with Crippen molar-refractivity contribution < 1.29 is 4.74 Å². The van der Waals surface area contributed by atoms with Gasteiger partial charge in [0.2, 0.25) is 5.88 Å². The molecule has 0 amide bonds. The van der Waals surface area contributed by atoms with Gasteiger partial charge < -0.3 is 15.0 Å². The molecule has 1 N–H and O–H groups in total. The third-order valence-corrected chi connectivity index (χ3v) is 2.81. The standard InChI is InChI=1S/C14H24ClN3O/c1-14(2,3)16-10-12-11(15)6-7-13(17-12)19-9-8-18(4)5/h6-7,16H,8-10H2,1-5H3. The van der Waals surface area contributed by atoms with E-state index in [4.69, 9.17) is 16.3 Å². The first-order chi connectivity index (χ1) is 8.78. The minimum atomic E-state index is 0.0345. The van der Waals surface area contributed by atoms with Crippen LogP contribution in [-0.4, -0.2) is 42.7 Å². The molecule has 1 aromatic rings. The molecule has 0 spiro atoms. The van der Waals surface area contributed by atoms with Crippen molar-refractivity contribution in [1.82, 2.24) is 15.2 Å². The van der Waals surface area contributed by atoms with Gasteiger partial charge in [0.25, 0.3) is 0 Å². The number of nitrogens with one attached hydrogen (secondary N) is 1. The number of aromatic nitrogens is 1. The molecule has 0 aliphatic carbocycles. The summed E-state index contributed by atoms with van der Waals surface area (Å²) in [6.07, 6.45) is 0. The van der Waals surface area contributed by atoms with Gasteiger partial charge in [0.05, 0.1) is 10.7 Å². The summed E-state index contributed by atoms with van der Waals surface area (Å²) in [4.78, 5) is 6.50. The summed E-state index contributed by atoms with van der Waals surface area (Å²) in [7, 11) is 4.02. The Labute approximate surface area is 121 Å². The molecule has 0 radical (unpaired) electrons. The van der Waals surface area contributed by atoms with Crippen LogP contribution in [0.5, 0.6) is 5.88 Å². The van der Waals surface area contributed by atoms with E-state index in [0.717, 1.165) is 12.2 Å². The second-order valence-electron chi connectivity index (χ2n) is 5.83. The van der Waals surface area contributed by atoms with Gasteiger partial charge in [0.1, 0.15) is 6.61 Å². The smallest absolute Gasteiger partial charge is 0.213 e. The van der Waals surface area contributed by atoms with Gasteiger partial charge in [-0.2, -0.15) is 0 Å². The number of rotatable bonds is 6. The fraction of sp³-hybridized carbons (Fsp3) is 0.643. The van der Waals surface area contributed by atoms with Crippen LogP contribution in [0.15, 0.2) is 12.1 Å². The Morgan fingerprint density at radius 2 is 2.00 bits per heavy atom. The quantitative estimate of drug-likeness (QED) is 0.872. The minimum absolute atomic E-state index is 0.0345. The maximum atomic E-state index is 6.14. The molecule has 1 heterocycles. The summed E-state index contributed by atoms with van der Waals surface area (Å²) in [5, 5.41) is 4.03. The number of halogens is 1. The summed E-state index contributed by atoms with van der Waals surface area (Å²) >= 11 is 6.14. The zero-order valence-electron chi connectivity index (χ0n) is 12.5. The van der Waals surface area contributed by atoms with E-state index < -0.39 is 0 Å². The van der Waals surface area contributed by atoms with Crippen LogP contribution in [0.4, 0.5) is 0 Å². The van der Waals surface area contributed by atoms with Gasteiger partial charge in [-0.05, 0) is 40.9 Å². The van der Waals surface area contributed by atoms with Crippen LogP contribution in [-0.2, 0) is 6.54 Å². The number of pyridine rings is 1. The highest BCUT2D eigenvalue weighted by Crippen LogP contribution is 2.18. The highest BCUT2D eigenvalue weighted by atomic mass is 35.5. The number of nitrogens with zero attached hydrogens (tertiary/aromatic N) is 2. The van der Waals surface area contributed by atoms with E-state index in [-0.39, 0.29) is 5.54 Å². The van der Waals surface area contributed by atoms with Crippen molar-refractivity contribution in [2.75, 3.05) is 27.2 Å². The summed E-state index contributed by atoms with van der Waals surface area (Å²) in [6, 6.07) is 3.64. The highest BCUT2D eigenvalue weighted by Gasteiger charge is 2.11. The first-order valence-electron chi connectivity index (χ1n) is 6.46. The lowest BCUT2D eigenvalue weighted by atomic mass is 10.1. The molecule has 1 rings (SSSR count). The van der Waals surface area contributed by atoms with Crippen LogP contribution in [0.3, 0.4) is 0 Å². The van der Waals surface area contributed by atoms with Gasteiger partial charge in [0, 0.05) is 24.7 Å². The van der Waals surface area contributed by atoms with Crippen LogP contribution >= 0.6 is 11.6 Å². The number of hydrogen-bond donors (Lipinski definition) is 1. The van der Waals surface area contributed by atoms with Crippen LogP contribution in [0.2, 0.25) is 5.02 Å². The first kappa shape index (κ1) is 16.2. The number of likely N-dealkylation sites (N-methyl/N-ethyl adjacent to an activating group) is 1. The molecule has 0 atom stereocenters. The van der Waals surface area contributed by atoms with Gasteiger partial charge in [-0.15, -0.1) is 0 Å². The molecular formula is C14H24ClN3O. The molecule has 4 nitrogen and oxygen atoms in total. The maximum absolute atomic E-state index is 6.14. The number of ether oxygens (including phenoxy) is 1. The van der Waals surface area contributed by atoms with E-state index >= 15 is 0 Å². The lowest BCUT2D eigenvalue weighted by Crippen LogP contribution is -2.35. The average Bonchev–Trinajstić information content (AvgIpc) is 2.28. The van der Waals surface area contributed by atoms with Crippen molar-refractivity contribution in [2.45, 2.75) is 32.9 Å². The van der Waals surface area contributed by atoms with Crippen LogP contribution in [0.1, 0.15) is 26.5 Å². The molecule has 19 heavy (non-hydrogen) atoms. The average molecular weight is 286 g/mol. The number of hydrogen-bond acceptors (Lipinski definition) is 4. The van der Waals surface area contributed by atoms with E-state index in [2.05, 4.69) is 36.0 Å². The molecule has 0 saturated carbocycles. The molecule has 0 fully saturated rings. The molecule has 1 aromatic heterocycles. The van der Waals surface area contributed by atoms with Crippen LogP contribution in [0, 0.1) is 0 Å². The van der Waals surface area contributed by atoms with E-state index in [1.165, 1.54) is 0 Å². The zero-order valence-corrected chi connectivity index (χ0v) is 13.2. The lowest BCUT2D eigenvalue weighted by molar-refractivity contribution is 0.253. The molecule has 0 aromatic carbocycles. The Morgan fingerprint density at radius 3 is 2.58 bits per heavy atom. The highest BCUT2D eigenvalue weighted by molar-refractivity contribution is 6.31. The van der Waals surface area contributed by atoms with Gasteiger partial charge in [0.15, 0.2) is 0 Å². The SMILES string of the molecule is CN(C)CCOc1ccc(Cl)c(CNC(C)(C)C)n1. The van der Waals surface area contributed by atoms with Gasteiger partial charge in [-0.1, -0.05) is 11.6 Å². The van der Waals surface area contributed by atoms with E-state index in [9.17, 15) is 0 Å². The Morgan fingerprint density at radius 1 is 1.32 bits per heavy atom. The summed E-state index contributed by atoms with van der Waals surface area (Å²) in [5.41, 5.74) is 0.853. The monoisotopic (exact) mass is 285 g/mol. The van der Waals surface area contributed by atoms with Crippen LogP contribution in [0.25, 0.3) is 0 Å². The molecule has 5 heteroatoms. The molecule has 0 saturated heterocycles. The van der Waals surface area contributed by atoms with Crippen molar-refractivity contribution in [2.24, 2.45) is 0 Å². The van der Waals surface area contributed by atoms with Gasteiger partial charge >= 0.3 is 0 Å². The van der Waals surface area contributed by atoms with E-state index in [1.54, 1.807) is 6.07 Å².